The van der Waals surface area contributed by atoms with Crippen LogP contribution in [0.4, 0.5) is 13.2 Å². The molecule has 9 heteroatoms. The van der Waals surface area contributed by atoms with Crippen LogP contribution >= 0.6 is 0 Å². The Morgan fingerprint density at radius 1 is 0.912 bits per heavy atom. The summed E-state index contributed by atoms with van der Waals surface area (Å²) in [4.78, 5) is 30.6. The molecule has 0 unspecified atom stereocenters. The van der Waals surface area contributed by atoms with Gasteiger partial charge in [-0.25, -0.2) is 9.78 Å². The third kappa shape index (κ3) is 4.64. The Kier molecular flexibility index (Phi) is 6.63. The molecule has 0 bridgehead atoms. The number of fused-ring (bicyclic) bond motifs is 2. The quantitative estimate of drug-likeness (QED) is 0.344. The van der Waals surface area contributed by atoms with E-state index < -0.39 is 24.0 Å². The molecule has 2 aromatic heterocycles. The summed E-state index contributed by atoms with van der Waals surface area (Å²) in [6.45, 7) is 3.16. The lowest BCUT2D eigenvalue weighted by atomic mass is 10.1. The highest BCUT2D eigenvalue weighted by Crippen LogP contribution is 2.21. The van der Waals surface area contributed by atoms with Crippen LogP contribution in [0.5, 0.6) is 0 Å². The van der Waals surface area contributed by atoms with Gasteiger partial charge in [0.1, 0.15) is 12.4 Å². The standard InChI is InChI=1S/C25H27F3N4O2/c1-3-5-8-13-30-21-12-11-17(4-2)14-19(21)29-22(30)15-31-20-10-7-6-9-18(20)23(33)32(24(31)34)16-25(26,27)28/h6-7,9-12,14H,3-5,8,13,15-16H2,1-2H3. The van der Waals surface area contributed by atoms with Crippen molar-refractivity contribution in [3.8, 4) is 0 Å². The summed E-state index contributed by atoms with van der Waals surface area (Å²) >= 11 is 0. The molecule has 0 aliphatic rings. The zero-order valence-electron chi connectivity index (χ0n) is 19.2. The van der Waals surface area contributed by atoms with Gasteiger partial charge in [-0.15, -0.1) is 0 Å². The number of nitrogens with zero attached hydrogens (tertiary/aromatic N) is 4. The number of rotatable bonds is 8. The number of benzene rings is 2. The van der Waals surface area contributed by atoms with Crippen LogP contribution in [0, 0.1) is 0 Å². The Hall–Kier alpha value is -3.36. The van der Waals surface area contributed by atoms with Crippen LogP contribution in [0.3, 0.4) is 0 Å². The second-order valence-corrected chi connectivity index (χ2v) is 8.46. The average Bonchev–Trinajstić information content (AvgIpc) is 3.15. The molecule has 2 aromatic carbocycles. The third-order valence-corrected chi connectivity index (χ3v) is 6.05. The molecule has 4 aromatic rings. The highest BCUT2D eigenvalue weighted by atomic mass is 19.4. The van der Waals surface area contributed by atoms with E-state index in [9.17, 15) is 22.8 Å². The maximum Gasteiger partial charge on any atom is 0.406 e. The molecule has 0 amide bonds. The lowest BCUT2D eigenvalue weighted by Crippen LogP contribution is -2.43. The molecule has 0 fully saturated rings. The van der Waals surface area contributed by atoms with Gasteiger partial charge in [-0.05, 0) is 42.7 Å². The third-order valence-electron chi connectivity index (χ3n) is 6.05. The van der Waals surface area contributed by atoms with Gasteiger partial charge < -0.3 is 4.57 Å². The smallest absolute Gasteiger partial charge is 0.326 e. The number of hydrogen-bond donors (Lipinski definition) is 0. The zero-order valence-corrected chi connectivity index (χ0v) is 19.2. The minimum atomic E-state index is -4.70. The van der Waals surface area contributed by atoms with Crippen molar-refractivity contribution in [3.63, 3.8) is 0 Å². The van der Waals surface area contributed by atoms with Gasteiger partial charge in [-0.2, -0.15) is 13.2 Å². The van der Waals surface area contributed by atoms with Crippen molar-refractivity contribution in [1.82, 2.24) is 18.7 Å². The number of unbranched alkanes of at least 4 members (excludes halogenated alkanes) is 2. The average molecular weight is 473 g/mol. The maximum atomic E-state index is 13.2. The van der Waals surface area contributed by atoms with E-state index in [-0.39, 0.29) is 22.0 Å². The number of imidazole rings is 1. The van der Waals surface area contributed by atoms with Crippen molar-refractivity contribution < 1.29 is 13.2 Å². The molecular formula is C25H27F3N4O2. The summed E-state index contributed by atoms with van der Waals surface area (Å²) < 4.78 is 43.1. The van der Waals surface area contributed by atoms with Gasteiger partial charge in [0.05, 0.1) is 28.5 Å². The van der Waals surface area contributed by atoms with Crippen molar-refractivity contribution in [2.75, 3.05) is 0 Å². The molecule has 4 rings (SSSR count). The maximum absolute atomic E-state index is 13.2. The molecule has 0 aliphatic heterocycles. The number of hydrogen-bond acceptors (Lipinski definition) is 3. The molecule has 0 saturated heterocycles. The summed E-state index contributed by atoms with van der Waals surface area (Å²) in [6.07, 6.45) is -0.888. The molecule has 180 valence electrons. The first-order valence-corrected chi connectivity index (χ1v) is 11.5. The fourth-order valence-electron chi connectivity index (χ4n) is 4.32. The fourth-order valence-corrected chi connectivity index (χ4v) is 4.32. The van der Waals surface area contributed by atoms with Crippen LogP contribution < -0.4 is 11.2 Å². The Morgan fingerprint density at radius 3 is 2.38 bits per heavy atom. The van der Waals surface area contributed by atoms with E-state index in [1.54, 1.807) is 18.2 Å². The lowest BCUT2D eigenvalue weighted by Gasteiger charge is -2.16. The molecule has 2 heterocycles. The fraction of sp³-hybridized carbons (Fsp3) is 0.400. The van der Waals surface area contributed by atoms with Gasteiger partial charge in [0.15, 0.2) is 0 Å². The summed E-state index contributed by atoms with van der Waals surface area (Å²) in [7, 11) is 0. The van der Waals surface area contributed by atoms with E-state index in [1.807, 2.05) is 22.8 Å². The van der Waals surface area contributed by atoms with Crippen LogP contribution in [-0.4, -0.2) is 24.9 Å². The van der Waals surface area contributed by atoms with Crippen molar-refractivity contribution >= 4 is 21.9 Å². The first kappa shape index (κ1) is 23.8. The molecule has 0 radical (unpaired) electrons. The van der Waals surface area contributed by atoms with E-state index in [0.29, 0.717) is 12.4 Å². The number of halogens is 3. The molecule has 0 aliphatic carbocycles. The lowest BCUT2D eigenvalue weighted by molar-refractivity contribution is -0.141. The van der Waals surface area contributed by atoms with Gasteiger partial charge in [0.25, 0.3) is 5.56 Å². The molecule has 0 saturated carbocycles. The Labute approximate surface area is 194 Å². The van der Waals surface area contributed by atoms with Crippen LogP contribution in [0.25, 0.3) is 21.9 Å². The number of alkyl halides is 3. The van der Waals surface area contributed by atoms with Crippen LogP contribution in [0.2, 0.25) is 0 Å². The van der Waals surface area contributed by atoms with Gasteiger partial charge >= 0.3 is 11.9 Å². The van der Waals surface area contributed by atoms with Crippen molar-refractivity contribution in [3.05, 3.63) is 74.7 Å². The number of aromatic nitrogens is 4. The second-order valence-electron chi connectivity index (χ2n) is 8.46. The van der Waals surface area contributed by atoms with Gasteiger partial charge in [-0.1, -0.05) is 44.9 Å². The summed E-state index contributed by atoms with van der Waals surface area (Å²) in [6, 6.07) is 12.3. The minimum Gasteiger partial charge on any atom is -0.326 e. The van der Waals surface area contributed by atoms with Crippen LogP contribution in [0.15, 0.2) is 52.1 Å². The second kappa shape index (κ2) is 9.48. The first-order chi connectivity index (χ1) is 16.2. The highest BCUT2D eigenvalue weighted by Gasteiger charge is 2.31. The van der Waals surface area contributed by atoms with E-state index in [0.717, 1.165) is 42.3 Å². The van der Waals surface area contributed by atoms with Crippen molar-refractivity contribution in [2.24, 2.45) is 0 Å². The number of para-hydroxylation sites is 1. The topological polar surface area (TPSA) is 61.8 Å². The minimum absolute atomic E-state index is 0.0419. The largest absolute Gasteiger partial charge is 0.406 e. The summed E-state index contributed by atoms with van der Waals surface area (Å²) in [5, 5.41) is 0.0632. The normalized spacial score (nSPS) is 12.1. The van der Waals surface area contributed by atoms with E-state index in [4.69, 9.17) is 4.98 Å². The first-order valence-electron chi connectivity index (χ1n) is 11.5. The van der Waals surface area contributed by atoms with Crippen LogP contribution in [0.1, 0.15) is 44.5 Å². The Bertz CT molecular complexity index is 1450. The van der Waals surface area contributed by atoms with Crippen LogP contribution in [-0.2, 0) is 26.1 Å². The predicted octanol–water partition coefficient (Wildman–Crippen LogP) is 4.88. The summed E-state index contributed by atoms with van der Waals surface area (Å²) in [5.74, 6) is 0.573. The zero-order chi connectivity index (χ0) is 24.5. The van der Waals surface area contributed by atoms with Gasteiger partial charge in [-0.3, -0.25) is 13.9 Å². The highest BCUT2D eigenvalue weighted by molar-refractivity contribution is 5.79. The SMILES string of the molecule is CCCCCn1c(Cn2c(=O)n(CC(F)(F)F)c(=O)c3ccccc32)nc2cc(CC)ccc21. The Morgan fingerprint density at radius 2 is 1.68 bits per heavy atom. The van der Waals surface area contributed by atoms with E-state index in [1.165, 1.54) is 10.6 Å². The Balaban J connectivity index is 1.91. The van der Waals surface area contributed by atoms with E-state index >= 15 is 0 Å². The molecule has 6 nitrogen and oxygen atoms in total. The van der Waals surface area contributed by atoms with Gasteiger partial charge in [0.2, 0.25) is 0 Å². The van der Waals surface area contributed by atoms with Crippen molar-refractivity contribution in [1.29, 1.82) is 0 Å². The predicted molar refractivity (Wildman–Crippen MR) is 126 cm³/mol. The van der Waals surface area contributed by atoms with E-state index in [2.05, 4.69) is 13.8 Å². The molecule has 0 atom stereocenters. The monoisotopic (exact) mass is 472 g/mol. The van der Waals surface area contributed by atoms with Crippen molar-refractivity contribution in [2.45, 2.75) is 65.3 Å². The molecule has 34 heavy (non-hydrogen) atoms. The number of aryl methyl sites for hydroxylation is 2. The summed E-state index contributed by atoms with van der Waals surface area (Å²) in [5.41, 5.74) is 1.17. The molecule has 0 spiro atoms. The molecular weight excluding hydrogens is 445 g/mol. The molecule has 0 N–H and O–H groups in total. The van der Waals surface area contributed by atoms with Gasteiger partial charge in [0, 0.05) is 6.54 Å².